The topological polar surface area (TPSA) is 105 Å². The molecule has 0 radical (unpaired) electrons. The number of methoxy groups -OCH3 is 1. The molecule has 4 aromatic rings. The van der Waals surface area contributed by atoms with Crippen LogP contribution in [0.3, 0.4) is 0 Å². The van der Waals surface area contributed by atoms with Crippen LogP contribution in [0.1, 0.15) is 11.1 Å². The van der Waals surface area contributed by atoms with E-state index in [-0.39, 0.29) is 11.8 Å². The van der Waals surface area contributed by atoms with Crippen LogP contribution in [0.25, 0.3) is 11.1 Å². The summed E-state index contributed by atoms with van der Waals surface area (Å²) in [5, 5.41) is 5.97. The molecule has 0 aliphatic carbocycles. The average molecular weight is 395 g/mol. The van der Waals surface area contributed by atoms with Gasteiger partial charge in [0.25, 0.3) is 0 Å². The van der Waals surface area contributed by atoms with Crippen molar-refractivity contribution in [1.29, 1.82) is 0 Å². The number of aromatic amines is 1. The van der Waals surface area contributed by atoms with Crippen molar-refractivity contribution in [3.8, 4) is 5.75 Å². The molecule has 148 valence electrons. The zero-order valence-corrected chi connectivity index (χ0v) is 16.0. The number of fused-ring (bicyclic) bond motifs is 1. The van der Waals surface area contributed by atoms with E-state index in [9.17, 15) is 9.18 Å². The van der Waals surface area contributed by atoms with Crippen molar-refractivity contribution >= 4 is 34.2 Å². The smallest absolute Gasteiger partial charge is 0.417 e. The van der Waals surface area contributed by atoms with Gasteiger partial charge in [0.05, 0.1) is 18.8 Å². The van der Waals surface area contributed by atoms with E-state index in [1.807, 2.05) is 25.1 Å². The number of benzene rings is 2. The summed E-state index contributed by atoms with van der Waals surface area (Å²) >= 11 is 0. The predicted octanol–water partition coefficient (Wildman–Crippen LogP) is 4.16. The lowest BCUT2D eigenvalue weighted by molar-refractivity contribution is 0.412. The number of anilines is 4. The van der Waals surface area contributed by atoms with Crippen LogP contribution >= 0.6 is 0 Å². The fraction of sp³-hybridized carbons (Fsp3) is 0.150. The lowest BCUT2D eigenvalue weighted by atomic mass is 10.2. The Morgan fingerprint density at radius 2 is 1.90 bits per heavy atom. The second-order valence-electron chi connectivity index (χ2n) is 6.51. The molecule has 0 unspecified atom stereocenters. The Morgan fingerprint density at radius 3 is 2.66 bits per heavy atom. The quantitative estimate of drug-likeness (QED) is 0.466. The number of aromatic nitrogens is 3. The van der Waals surface area contributed by atoms with Crippen molar-refractivity contribution in [1.82, 2.24) is 15.0 Å². The average Bonchev–Trinajstić information content (AvgIpc) is 3.05. The molecule has 0 aliphatic rings. The van der Waals surface area contributed by atoms with Crippen LogP contribution in [0.2, 0.25) is 0 Å². The Labute approximate surface area is 164 Å². The first kappa shape index (κ1) is 18.5. The van der Waals surface area contributed by atoms with Crippen molar-refractivity contribution in [2.45, 2.75) is 13.8 Å². The third-order valence-corrected chi connectivity index (χ3v) is 4.36. The first-order valence-corrected chi connectivity index (χ1v) is 8.77. The van der Waals surface area contributed by atoms with Crippen LogP contribution < -0.4 is 21.1 Å². The molecule has 2 aromatic carbocycles. The van der Waals surface area contributed by atoms with E-state index in [4.69, 9.17) is 9.15 Å². The molecule has 0 saturated heterocycles. The third-order valence-electron chi connectivity index (χ3n) is 4.36. The van der Waals surface area contributed by atoms with Crippen molar-refractivity contribution < 1.29 is 13.5 Å². The van der Waals surface area contributed by atoms with Gasteiger partial charge in [-0.05, 0) is 55.3 Å². The molecule has 0 amide bonds. The van der Waals surface area contributed by atoms with Gasteiger partial charge in [-0.25, -0.2) is 14.2 Å². The molecule has 8 nitrogen and oxygen atoms in total. The Balaban J connectivity index is 1.62. The number of hydrogen-bond donors (Lipinski definition) is 3. The fourth-order valence-electron chi connectivity index (χ4n) is 3.04. The van der Waals surface area contributed by atoms with E-state index in [0.717, 1.165) is 28.8 Å². The fourth-order valence-corrected chi connectivity index (χ4v) is 3.04. The van der Waals surface area contributed by atoms with Gasteiger partial charge in [-0.15, -0.1) is 0 Å². The van der Waals surface area contributed by atoms with Crippen LogP contribution in [0, 0.1) is 19.7 Å². The molecule has 0 atom stereocenters. The minimum Gasteiger partial charge on any atom is -0.496 e. The first-order valence-electron chi connectivity index (χ1n) is 8.77. The highest BCUT2D eigenvalue weighted by Gasteiger charge is 2.11. The number of H-pyrrole nitrogens is 1. The molecule has 29 heavy (non-hydrogen) atoms. The van der Waals surface area contributed by atoms with Crippen molar-refractivity contribution in [3.05, 3.63) is 64.0 Å². The summed E-state index contributed by atoms with van der Waals surface area (Å²) in [4.78, 5) is 22.2. The summed E-state index contributed by atoms with van der Waals surface area (Å²) in [5.41, 5.74) is 3.94. The maximum Gasteiger partial charge on any atom is 0.417 e. The second-order valence-corrected chi connectivity index (χ2v) is 6.51. The van der Waals surface area contributed by atoms with Crippen molar-refractivity contribution in [2.24, 2.45) is 0 Å². The number of oxazole rings is 1. The zero-order valence-electron chi connectivity index (χ0n) is 16.0. The predicted molar refractivity (Wildman–Crippen MR) is 108 cm³/mol. The van der Waals surface area contributed by atoms with Gasteiger partial charge in [-0.2, -0.15) is 4.98 Å². The highest BCUT2D eigenvalue weighted by Crippen LogP contribution is 2.26. The summed E-state index contributed by atoms with van der Waals surface area (Å²) in [6.07, 6.45) is 1.08. The van der Waals surface area contributed by atoms with E-state index in [2.05, 4.69) is 25.6 Å². The monoisotopic (exact) mass is 395 g/mol. The standard InChI is InChI=1S/C20H18FN5O3/c1-10-6-12(4-5-16(10)28-3)24-19-22-9-14(21)18(26-19)23-13-7-11(2)17-15(8-13)25-20(27)29-17/h4-9H,1-3H3,(H,25,27)(H2,22,23,24,26). The number of rotatable bonds is 5. The van der Waals surface area contributed by atoms with Crippen LogP contribution in [-0.2, 0) is 0 Å². The van der Waals surface area contributed by atoms with E-state index in [0.29, 0.717) is 16.8 Å². The largest absolute Gasteiger partial charge is 0.496 e. The van der Waals surface area contributed by atoms with E-state index in [1.165, 1.54) is 0 Å². The summed E-state index contributed by atoms with van der Waals surface area (Å²) in [6, 6.07) is 8.91. The minimum absolute atomic E-state index is 0.00248. The molecule has 3 N–H and O–H groups in total. The SMILES string of the molecule is COc1ccc(Nc2ncc(F)c(Nc3cc(C)c4oc(=O)[nH]c4c3)n2)cc1C. The highest BCUT2D eigenvalue weighted by molar-refractivity contribution is 5.81. The summed E-state index contributed by atoms with van der Waals surface area (Å²) in [7, 11) is 1.61. The number of nitrogens with one attached hydrogen (secondary N) is 3. The van der Waals surface area contributed by atoms with Gasteiger partial charge in [-0.1, -0.05) is 0 Å². The maximum absolute atomic E-state index is 14.3. The molecule has 2 heterocycles. The Morgan fingerprint density at radius 1 is 1.10 bits per heavy atom. The lowest BCUT2D eigenvalue weighted by Crippen LogP contribution is -2.03. The molecule has 0 saturated carbocycles. The molecule has 4 rings (SSSR count). The highest BCUT2D eigenvalue weighted by atomic mass is 19.1. The number of halogens is 1. The Hall–Kier alpha value is -3.88. The van der Waals surface area contributed by atoms with E-state index in [1.54, 1.807) is 26.2 Å². The van der Waals surface area contributed by atoms with Gasteiger partial charge in [-0.3, -0.25) is 4.98 Å². The number of hydrogen-bond acceptors (Lipinski definition) is 7. The van der Waals surface area contributed by atoms with Gasteiger partial charge in [0.2, 0.25) is 5.95 Å². The van der Waals surface area contributed by atoms with Gasteiger partial charge in [0.15, 0.2) is 17.2 Å². The maximum atomic E-state index is 14.3. The number of ether oxygens (including phenoxy) is 1. The first-order chi connectivity index (χ1) is 13.9. The zero-order chi connectivity index (χ0) is 20.5. The molecule has 2 aromatic heterocycles. The summed E-state index contributed by atoms with van der Waals surface area (Å²) in [6.45, 7) is 3.71. The van der Waals surface area contributed by atoms with Gasteiger partial charge < -0.3 is 19.8 Å². The van der Waals surface area contributed by atoms with Crippen LogP contribution in [0.4, 0.5) is 27.5 Å². The Bertz CT molecular complexity index is 1260. The Kier molecular flexibility index (Phi) is 4.63. The van der Waals surface area contributed by atoms with Gasteiger partial charge >= 0.3 is 5.76 Å². The molecular weight excluding hydrogens is 377 g/mol. The van der Waals surface area contributed by atoms with E-state index >= 15 is 0 Å². The summed E-state index contributed by atoms with van der Waals surface area (Å²) in [5.74, 6) is -0.166. The molecule has 0 bridgehead atoms. The second kappa shape index (κ2) is 7.27. The van der Waals surface area contributed by atoms with Crippen LogP contribution in [0.15, 0.2) is 45.7 Å². The normalized spacial score (nSPS) is 10.9. The number of nitrogens with zero attached hydrogens (tertiary/aromatic N) is 2. The van der Waals surface area contributed by atoms with Gasteiger partial charge in [0, 0.05) is 11.4 Å². The molecule has 0 spiro atoms. The van der Waals surface area contributed by atoms with Crippen LogP contribution in [-0.4, -0.2) is 22.1 Å². The lowest BCUT2D eigenvalue weighted by Gasteiger charge is -2.11. The van der Waals surface area contributed by atoms with Crippen molar-refractivity contribution in [3.63, 3.8) is 0 Å². The molecule has 0 fully saturated rings. The van der Waals surface area contributed by atoms with Gasteiger partial charge in [0.1, 0.15) is 5.75 Å². The van der Waals surface area contributed by atoms with Crippen molar-refractivity contribution in [2.75, 3.05) is 17.7 Å². The molecular formula is C20H18FN5O3. The van der Waals surface area contributed by atoms with E-state index < -0.39 is 11.6 Å². The molecule has 9 heteroatoms. The summed E-state index contributed by atoms with van der Waals surface area (Å²) < 4.78 is 24.6. The number of aryl methyl sites for hydroxylation is 2. The third kappa shape index (κ3) is 3.75. The van der Waals surface area contributed by atoms with Crippen LogP contribution in [0.5, 0.6) is 5.75 Å². The molecule has 0 aliphatic heterocycles. The minimum atomic E-state index is -0.611.